The van der Waals surface area contributed by atoms with Crippen LogP contribution >= 0.6 is 0 Å². The topological polar surface area (TPSA) is 123 Å². The van der Waals surface area contributed by atoms with Gasteiger partial charge in [-0.25, -0.2) is 19.2 Å². The lowest BCUT2D eigenvalue weighted by Gasteiger charge is -2.34. The van der Waals surface area contributed by atoms with Gasteiger partial charge in [-0.3, -0.25) is 0 Å². The molecule has 1 saturated heterocycles. The first kappa shape index (κ1) is 29.4. The minimum absolute atomic E-state index is 0.00397. The fourth-order valence-corrected chi connectivity index (χ4v) is 4.98. The third-order valence-electron chi connectivity index (χ3n) is 7.15. The molecule has 0 aliphatic carbocycles. The van der Waals surface area contributed by atoms with Crippen LogP contribution in [0.15, 0.2) is 28.8 Å². The smallest absolute Gasteiger partial charge is 0.409 e. The molecule has 1 amide bonds. The maximum atomic E-state index is 15.3. The van der Waals surface area contributed by atoms with E-state index in [0.717, 1.165) is 22.4 Å². The van der Waals surface area contributed by atoms with E-state index >= 15 is 4.39 Å². The van der Waals surface area contributed by atoms with Crippen LogP contribution in [0.5, 0.6) is 5.75 Å². The van der Waals surface area contributed by atoms with E-state index in [0.29, 0.717) is 54.7 Å². The Morgan fingerprint density at radius 1 is 1.30 bits per heavy atom. The monoisotopic (exact) mass is 555 g/mol. The summed E-state index contributed by atoms with van der Waals surface area (Å²) in [7, 11) is 1.77. The van der Waals surface area contributed by atoms with Gasteiger partial charge >= 0.3 is 6.09 Å². The van der Waals surface area contributed by atoms with Crippen LogP contribution in [-0.2, 0) is 11.2 Å². The van der Waals surface area contributed by atoms with Crippen LogP contribution in [0.3, 0.4) is 0 Å². The summed E-state index contributed by atoms with van der Waals surface area (Å²) >= 11 is 0. The Hall–Kier alpha value is -3.57. The highest BCUT2D eigenvalue weighted by Crippen LogP contribution is 2.34. The molecule has 1 fully saturated rings. The molecule has 2 aromatic heterocycles. The standard InChI is InChI=1S/C29H38FN5O5/c1-6-38-29(37)35-11-10-20(24(30)15-35)13-25-17(2)27(26-18(3)34-40-19(26)4)33-28(32-25)21-8-7-9-23(12-21)39-16-22(36)14-31-5/h7-9,12,20,22,24,31,36H,6,10-11,13-16H2,1-5H3/t20-,22?,24-/m0/s1. The largest absolute Gasteiger partial charge is 0.491 e. The summed E-state index contributed by atoms with van der Waals surface area (Å²) in [6, 6.07) is 7.37. The van der Waals surface area contributed by atoms with Crippen molar-refractivity contribution in [1.29, 1.82) is 0 Å². The number of likely N-dealkylation sites (N-methyl/N-ethyl adjacent to an activating group) is 1. The van der Waals surface area contributed by atoms with Gasteiger partial charge in [-0.1, -0.05) is 17.3 Å². The summed E-state index contributed by atoms with van der Waals surface area (Å²) in [4.78, 5) is 23.4. The Bertz CT molecular complexity index is 1300. The summed E-state index contributed by atoms with van der Waals surface area (Å²) in [5, 5.41) is 17.0. The number of amides is 1. The van der Waals surface area contributed by atoms with Gasteiger partial charge in [0, 0.05) is 24.3 Å². The summed E-state index contributed by atoms with van der Waals surface area (Å²) in [5.41, 5.74) is 4.47. The Balaban J connectivity index is 1.66. The lowest BCUT2D eigenvalue weighted by molar-refractivity contribution is 0.0575. The minimum atomic E-state index is -1.21. The molecule has 4 rings (SSSR count). The van der Waals surface area contributed by atoms with E-state index in [9.17, 15) is 9.90 Å². The number of carbonyl (C=O) groups is 1. The highest BCUT2D eigenvalue weighted by atomic mass is 19.1. The number of hydrogen-bond acceptors (Lipinski definition) is 9. The summed E-state index contributed by atoms with van der Waals surface area (Å²) < 4.78 is 31.6. The maximum Gasteiger partial charge on any atom is 0.409 e. The van der Waals surface area contributed by atoms with Crippen LogP contribution in [0, 0.1) is 26.7 Å². The van der Waals surface area contributed by atoms with Crippen molar-refractivity contribution in [1.82, 2.24) is 25.3 Å². The third kappa shape index (κ3) is 6.76. The van der Waals surface area contributed by atoms with Crippen molar-refractivity contribution >= 4 is 6.09 Å². The van der Waals surface area contributed by atoms with Gasteiger partial charge in [0.05, 0.1) is 30.1 Å². The zero-order valence-corrected chi connectivity index (χ0v) is 23.7. The Labute approximate surface area is 233 Å². The highest BCUT2D eigenvalue weighted by Gasteiger charge is 2.33. The summed E-state index contributed by atoms with van der Waals surface area (Å²) in [6.45, 7) is 8.60. The molecule has 0 bridgehead atoms. The normalized spacial score (nSPS) is 18.0. The van der Waals surface area contributed by atoms with Gasteiger partial charge in [0.25, 0.3) is 0 Å². The first-order chi connectivity index (χ1) is 19.2. The van der Waals surface area contributed by atoms with Crippen molar-refractivity contribution in [2.24, 2.45) is 5.92 Å². The fraction of sp³-hybridized carbons (Fsp3) is 0.517. The fourth-order valence-electron chi connectivity index (χ4n) is 4.98. The van der Waals surface area contributed by atoms with Crippen molar-refractivity contribution in [2.45, 2.75) is 52.8 Å². The first-order valence-electron chi connectivity index (χ1n) is 13.6. The Morgan fingerprint density at radius 2 is 2.10 bits per heavy atom. The van der Waals surface area contributed by atoms with Gasteiger partial charge in [-0.2, -0.15) is 0 Å². The number of nitrogens with one attached hydrogen (secondary N) is 1. The van der Waals surface area contributed by atoms with Crippen molar-refractivity contribution in [3.63, 3.8) is 0 Å². The van der Waals surface area contributed by atoms with Gasteiger partial charge in [0.15, 0.2) is 5.82 Å². The van der Waals surface area contributed by atoms with E-state index in [1.807, 2.05) is 45.0 Å². The van der Waals surface area contributed by atoms with Gasteiger partial charge in [-0.05, 0) is 71.2 Å². The van der Waals surface area contributed by atoms with Crippen LogP contribution in [0.1, 0.15) is 36.1 Å². The molecule has 3 aromatic rings. The molecule has 216 valence electrons. The van der Waals surface area contributed by atoms with E-state index in [1.165, 1.54) is 4.90 Å². The lowest BCUT2D eigenvalue weighted by Crippen LogP contribution is -2.45. The first-order valence-corrected chi connectivity index (χ1v) is 13.6. The average Bonchev–Trinajstić information content (AvgIpc) is 3.27. The molecule has 11 heteroatoms. The molecule has 2 N–H and O–H groups in total. The molecule has 1 aliphatic heterocycles. The predicted molar refractivity (Wildman–Crippen MR) is 148 cm³/mol. The van der Waals surface area contributed by atoms with E-state index in [4.69, 9.17) is 24.0 Å². The highest BCUT2D eigenvalue weighted by molar-refractivity contribution is 5.71. The molecule has 3 heterocycles. The molecule has 1 aliphatic rings. The zero-order chi connectivity index (χ0) is 28.8. The quantitative estimate of drug-likeness (QED) is 0.382. The van der Waals surface area contributed by atoms with Gasteiger partial charge in [0.2, 0.25) is 0 Å². The number of likely N-dealkylation sites (tertiary alicyclic amines) is 1. The van der Waals surface area contributed by atoms with Gasteiger partial charge < -0.3 is 29.3 Å². The molecular formula is C29H38FN5O5. The van der Waals surface area contributed by atoms with Gasteiger partial charge in [0.1, 0.15) is 30.4 Å². The average molecular weight is 556 g/mol. The number of aryl methyl sites for hydroxylation is 2. The number of piperidine rings is 1. The van der Waals surface area contributed by atoms with Crippen molar-refractivity contribution < 1.29 is 28.3 Å². The van der Waals surface area contributed by atoms with Crippen LogP contribution in [0.25, 0.3) is 22.6 Å². The van der Waals surface area contributed by atoms with E-state index in [2.05, 4.69) is 10.5 Å². The number of carbonyl (C=O) groups excluding carboxylic acids is 1. The molecule has 0 spiro atoms. The van der Waals surface area contributed by atoms with Crippen LogP contribution in [0.4, 0.5) is 9.18 Å². The number of ether oxygens (including phenoxy) is 2. The van der Waals surface area contributed by atoms with Crippen molar-refractivity contribution in [3.8, 4) is 28.4 Å². The summed E-state index contributed by atoms with van der Waals surface area (Å²) in [6.07, 6.45) is -1.45. The molecule has 1 aromatic carbocycles. The Morgan fingerprint density at radius 3 is 2.77 bits per heavy atom. The van der Waals surface area contributed by atoms with Gasteiger partial charge in [-0.15, -0.1) is 0 Å². The van der Waals surface area contributed by atoms with E-state index in [1.54, 1.807) is 14.0 Å². The second-order valence-corrected chi connectivity index (χ2v) is 10.1. The molecule has 10 nitrogen and oxygen atoms in total. The lowest BCUT2D eigenvalue weighted by atomic mass is 9.88. The number of aliphatic hydroxyl groups excluding tert-OH is 1. The maximum absolute atomic E-state index is 15.3. The Kier molecular flexibility index (Phi) is 9.70. The number of benzene rings is 1. The molecule has 3 atom stereocenters. The number of rotatable bonds is 10. The molecular weight excluding hydrogens is 517 g/mol. The number of aliphatic hydroxyl groups is 1. The zero-order valence-electron chi connectivity index (χ0n) is 23.7. The van der Waals surface area contributed by atoms with E-state index < -0.39 is 18.4 Å². The molecule has 0 saturated carbocycles. The van der Waals surface area contributed by atoms with E-state index in [-0.39, 0.29) is 25.7 Å². The van der Waals surface area contributed by atoms with Crippen molar-refractivity contribution in [2.75, 3.05) is 39.9 Å². The number of aromatic nitrogens is 3. The number of alkyl halides is 1. The summed E-state index contributed by atoms with van der Waals surface area (Å²) in [5.74, 6) is 1.37. The van der Waals surface area contributed by atoms with Crippen LogP contribution in [0.2, 0.25) is 0 Å². The number of nitrogens with zero attached hydrogens (tertiary/aromatic N) is 4. The number of hydrogen-bond donors (Lipinski definition) is 2. The molecule has 40 heavy (non-hydrogen) atoms. The number of halogens is 1. The second-order valence-electron chi connectivity index (χ2n) is 10.1. The molecule has 0 radical (unpaired) electrons. The van der Waals surface area contributed by atoms with Crippen molar-refractivity contribution in [3.05, 3.63) is 47.0 Å². The molecule has 1 unspecified atom stereocenters. The third-order valence-corrected chi connectivity index (χ3v) is 7.15. The van der Waals surface area contributed by atoms with Crippen LogP contribution in [-0.4, -0.2) is 83.4 Å². The minimum Gasteiger partial charge on any atom is -0.491 e. The second kappa shape index (κ2) is 13.2. The van der Waals surface area contributed by atoms with Crippen LogP contribution < -0.4 is 10.1 Å². The SMILES string of the molecule is CCOC(=O)N1CC[C@@H](Cc2nc(-c3cccc(OCC(O)CNC)c3)nc(-c3c(C)noc3C)c2C)[C@@H](F)C1. The predicted octanol–water partition coefficient (Wildman–Crippen LogP) is 4.04.